The first kappa shape index (κ1) is 18.6. The van der Waals surface area contributed by atoms with Gasteiger partial charge in [-0.25, -0.2) is 9.20 Å². The number of pyridine rings is 1. The van der Waals surface area contributed by atoms with Crippen molar-refractivity contribution >= 4 is 23.2 Å². The van der Waals surface area contributed by atoms with E-state index in [1.165, 1.54) is 4.68 Å². The summed E-state index contributed by atoms with van der Waals surface area (Å²) in [5.41, 5.74) is -0.951. The number of fused-ring (bicyclic) bond motifs is 1. The highest BCUT2D eigenvalue weighted by atomic mass is 35.5. The third-order valence-electron chi connectivity index (χ3n) is 4.51. The van der Waals surface area contributed by atoms with Gasteiger partial charge < -0.3 is 4.90 Å². The Morgan fingerprint density at radius 3 is 2.50 bits per heavy atom. The van der Waals surface area contributed by atoms with Crippen LogP contribution in [0.3, 0.4) is 0 Å². The third kappa shape index (κ3) is 3.26. The van der Waals surface area contributed by atoms with E-state index in [-0.39, 0.29) is 16.5 Å². The molecule has 146 valence electrons. The number of hydrogen-bond donors (Lipinski definition) is 0. The first-order valence-electron chi connectivity index (χ1n) is 8.55. The van der Waals surface area contributed by atoms with Gasteiger partial charge >= 0.3 is 6.18 Å². The molecular formula is C17H15ClF3N7. The fourth-order valence-electron chi connectivity index (χ4n) is 3.02. The van der Waals surface area contributed by atoms with Gasteiger partial charge in [0.15, 0.2) is 5.65 Å². The maximum absolute atomic E-state index is 13.3. The van der Waals surface area contributed by atoms with E-state index in [1.54, 1.807) is 14.0 Å². The van der Waals surface area contributed by atoms with Crippen molar-refractivity contribution in [2.45, 2.75) is 25.9 Å². The Balaban J connectivity index is 1.73. The van der Waals surface area contributed by atoms with E-state index in [1.807, 2.05) is 0 Å². The van der Waals surface area contributed by atoms with E-state index in [0.29, 0.717) is 17.5 Å². The van der Waals surface area contributed by atoms with Gasteiger partial charge in [0.1, 0.15) is 5.56 Å². The monoisotopic (exact) mass is 409 g/mol. The maximum Gasteiger partial charge on any atom is 0.420 e. The first-order valence-corrected chi connectivity index (χ1v) is 8.93. The summed E-state index contributed by atoms with van der Waals surface area (Å²) < 4.78 is 42.5. The molecule has 7 nitrogen and oxygen atoms in total. The highest BCUT2D eigenvalue weighted by Gasteiger charge is 2.35. The normalized spacial score (nSPS) is 14.6. The lowest BCUT2D eigenvalue weighted by molar-refractivity contribution is -0.136. The van der Waals surface area contributed by atoms with Gasteiger partial charge in [-0.1, -0.05) is 11.6 Å². The molecule has 4 rings (SSSR count). The fraction of sp³-hybridized carbons (Fsp3) is 0.412. The van der Waals surface area contributed by atoms with Gasteiger partial charge in [-0.05, 0) is 37.7 Å². The van der Waals surface area contributed by atoms with Crippen LogP contribution in [0, 0.1) is 18.8 Å². The Hall–Kier alpha value is -2.80. The average Bonchev–Trinajstić information content (AvgIpc) is 3.34. The quantitative estimate of drug-likeness (QED) is 0.578. The number of aromatic nitrogens is 6. The smallest absolute Gasteiger partial charge is 0.340 e. The number of alkyl halides is 3. The molecule has 1 aliphatic rings. The topological polar surface area (TPSA) is 64.1 Å². The van der Waals surface area contributed by atoms with Crippen molar-refractivity contribution in [2.24, 2.45) is 7.05 Å². The van der Waals surface area contributed by atoms with E-state index in [9.17, 15) is 13.2 Å². The molecule has 1 saturated heterocycles. The Morgan fingerprint density at radius 1 is 1.11 bits per heavy atom. The molecule has 0 N–H and O–H groups in total. The van der Waals surface area contributed by atoms with E-state index in [4.69, 9.17) is 11.6 Å². The van der Waals surface area contributed by atoms with Crippen LogP contribution in [0.1, 0.15) is 35.7 Å². The Morgan fingerprint density at radius 2 is 1.82 bits per heavy atom. The predicted octanol–water partition coefficient (Wildman–Crippen LogP) is 2.84. The molecule has 0 spiro atoms. The Labute approximate surface area is 163 Å². The zero-order chi connectivity index (χ0) is 20.1. The second kappa shape index (κ2) is 6.67. The maximum atomic E-state index is 13.3. The van der Waals surface area contributed by atoms with Crippen molar-refractivity contribution in [2.75, 3.05) is 18.0 Å². The lowest BCUT2D eigenvalue weighted by Gasteiger charge is -2.10. The van der Waals surface area contributed by atoms with E-state index in [0.717, 1.165) is 36.5 Å². The van der Waals surface area contributed by atoms with Gasteiger partial charge in [-0.15, -0.1) is 10.2 Å². The van der Waals surface area contributed by atoms with E-state index < -0.39 is 11.7 Å². The summed E-state index contributed by atoms with van der Waals surface area (Å²) in [5, 5.41) is 8.34. The van der Waals surface area contributed by atoms with Crippen LogP contribution in [0.2, 0.25) is 5.02 Å². The van der Waals surface area contributed by atoms with Crippen molar-refractivity contribution in [3.05, 3.63) is 34.0 Å². The minimum atomic E-state index is -4.61. The molecule has 28 heavy (non-hydrogen) atoms. The minimum Gasteiger partial charge on any atom is -0.340 e. The molecule has 0 aliphatic carbocycles. The van der Waals surface area contributed by atoms with Gasteiger partial charge in [0.05, 0.1) is 10.7 Å². The van der Waals surface area contributed by atoms with Gasteiger partial charge in [0.25, 0.3) is 0 Å². The Kier molecular flexibility index (Phi) is 4.42. The molecule has 0 radical (unpaired) electrons. The molecule has 0 amide bonds. The summed E-state index contributed by atoms with van der Waals surface area (Å²) in [4.78, 5) is 10.4. The lowest BCUT2D eigenvalue weighted by Crippen LogP contribution is -2.19. The Bertz CT molecular complexity index is 1110. The zero-order valence-electron chi connectivity index (χ0n) is 15.0. The first-order chi connectivity index (χ1) is 13.2. The highest BCUT2D eigenvalue weighted by Crippen LogP contribution is 2.34. The van der Waals surface area contributed by atoms with Crippen molar-refractivity contribution in [1.82, 2.24) is 29.4 Å². The molecule has 1 aliphatic heterocycles. The molecule has 0 saturated carbocycles. The SMILES string of the molecule is Cc1c(Cl)cc(C(F)(F)F)c2nc(C#Cc3nc(N4CCCC4)nn3C)nn12. The summed E-state index contributed by atoms with van der Waals surface area (Å²) >= 11 is 5.92. The van der Waals surface area contributed by atoms with Crippen LogP contribution in [-0.2, 0) is 13.2 Å². The number of aryl methyl sites for hydroxylation is 2. The second-order valence-corrected chi connectivity index (χ2v) is 6.87. The van der Waals surface area contributed by atoms with Crippen LogP contribution in [0.4, 0.5) is 19.1 Å². The number of hydrogen-bond acceptors (Lipinski definition) is 5. The van der Waals surface area contributed by atoms with Crippen molar-refractivity contribution in [3.8, 4) is 11.8 Å². The molecule has 0 atom stereocenters. The van der Waals surface area contributed by atoms with E-state index >= 15 is 0 Å². The van der Waals surface area contributed by atoms with Gasteiger partial charge in [0, 0.05) is 20.1 Å². The average molecular weight is 410 g/mol. The molecule has 4 heterocycles. The largest absolute Gasteiger partial charge is 0.420 e. The minimum absolute atomic E-state index is 0.0483. The number of halogens is 4. The second-order valence-electron chi connectivity index (χ2n) is 6.46. The van der Waals surface area contributed by atoms with Crippen LogP contribution in [0.15, 0.2) is 6.07 Å². The fourth-order valence-corrected chi connectivity index (χ4v) is 3.21. The molecule has 1 fully saturated rings. The van der Waals surface area contributed by atoms with Crippen molar-refractivity contribution < 1.29 is 13.2 Å². The van der Waals surface area contributed by atoms with Crippen LogP contribution >= 0.6 is 11.6 Å². The lowest BCUT2D eigenvalue weighted by atomic mass is 10.2. The van der Waals surface area contributed by atoms with Gasteiger partial charge in [-0.2, -0.15) is 23.1 Å². The molecule has 11 heteroatoms. The molecule has 0 bridgehead atoms. The van der Waals surface area contributed by atoms with Crippen molar-refractivity contribution in [3.63, 3.8) is 0 Å². The molecule has 0 unspecified atom stereocenters. The summed E-state index contributed by atoms with van der Waals surface area (Å²) in [6, 6.07) is 0.850. The third-order valence-corrected chi connectivity index (χ3v) is 4.90. The number of nitrogens with zero attached hydrogens (tertiary/aromatic N) is 7. The molecule has 0 aromatic carbocycles. The number of anilines is 1. The van der Waals surface area contributed by atoms with Crippen molar-refractivity contribution in [1.29, 1.82) is 0 Å². The highest BCUT2D eigenvalue weighted by molar-refractivity contribution is 6.31. The zero-order valence-corrected chi connectivity index (χ0v) is 15.8. The summed E-state index contributed by atoms with van der Waals surface area (Å²) in [6.45, 7) is 3.35. The van der Waals surface area contributed by atoms with Crippen LogP contribution in [0.5, 0.6) is 0 Å². The van der Waals surface area contributed by atoms with E-state index in [2.05, 4.69) is 36.9 Å². The van der Waals surface area contributed by atoms with Crippen LogP contribution < -0.4 is 4.90 Å². The van der Waals surface area contributed by atoms with Crippen LogP contribution in [0.25, 0.3) is 5.65 Å². The standard InChI is InChI=1S/C17H15ClF3N7/c1-10-12(18)9-11(17(19,20)21)15-22-13(24-28(10)15)5-6-14-23-16(25-26(14)2)27-7-3-4-8-27/h9H,3-4,7-8H2,1-2H3. The summed E-state index contributed by atoms with van der Waals surface area (Å²) in [5.74, 6) is 6.38. The van der Waals surface area contributed by atoms with Gasteiger partial charge in [0.2, 0.25) is 17.6 Å². The number of rotatable bonds is 1. The van der Waals surface area contributed by atoms with Crippen LogP contribution in [-0.4, -0.2) is 42.5 Å². The summed E-state index contributed by atoms with van der Waals surface area (Å²) in [6.07, 6.45) is -2.42. The molecule has 3 aromatic rings. The summed E-state index contributed by atoms with van der Waals surface area (Å²) in [7, 11) is 1.71. The molecule has 3 aromatic heterocycles. The van der Waals surface area contributed by atoms with Gasteiger partial charge in [-0.3, -0.25) is 0 Å². The predicted molar refractivity (Wildman–Crippen MR) is 96.2 cm³/mol. The molecular weight excluding hydrogens is 395 g/mol.